The highest BCUT2D eigenvalue weighted by Gasteiger charge is 2.20. The van der Waals surface area contributed by atoms with E-state index in [4.69, 9.17) is 0 Å². The number of rotatable bonds is 8. The maximum absolute atomic E-state index is 12.3. The van der Waals surface area contributed by atoms with Crippen molar-refractivity contribution in [1.82, 2.24) is 15.1 Å². The van der Waals surface area contributed by atoms with Gasteiger partial charge in [0.1, 0.15) is 0 Å². The molecule has 1 aliphatic rings. The molecular formula is C19H31N3O. The van der Waals surface area contributed by atoms with Crippen LogP contribution in [0.25, 0.3) is 0 Å². The van der Waals surface area contributed by atoms with Crippen LogP contribution in [0.1, 0.15) is 44.2 Å². The van der Waals surface area contributed by atoms with Gasteiger partial charge in [0, 0.05) is 39.1 Å². The number of likely N-dealkylation sites (N-methyl/N-ethyl adjacent to an activating group) is 1. The Morgan fingerprint density at radius 1 is 1.13 bits per heavy atom. The molecule has 4 heteroatoms. The number of nitrogens with one attached hydrogen (secondary N) is 1. The molecule has 0 spiro atoms. The van der Waals surface area contributed by atoms with E-state index >= 15 is 0 Å². The summed E-state index contributed by atoms with van der Waals surface area (Å²) in [5.41, 5.74) is 1.20. The molecule has 1 amide bonds. The molecular weight excluding hydrogens is 286 g/mol. The van der Waals surface area contributed by atoms with E-state index in [2.05, 4.69) is 53.4 Å². The van der Waals surface area contributed by atoms with Gasteiger partial charge in [0.05, 0.1) is 6.04 Å². The average Bonchev–Trinajstić information content (AvgIpc) is 2.57. The lowest BCUT2D eigenvalue weighted by atomic mass is 10.1. The Hall–Kier alpha value is -1.39. The van der Waals surface area contributed by atoms with Crippen LogP contribution in [0.5, 0.6) is 0 Å². The van der Waals surface area contributed by atoms with Gasteiger partial charge in [0.25, 0.3) is 0 Å². The van der Waals surface area contributed by atoms with Gasteiger partial charge in [-0.25, -0.2) is 0 Å². The van der Waals surface area contributed by atoms with Crippen molar-refractivity contribution in [2.24, 2.45) is 0 Å². The predicted molar refractivity (Wildman–Crippen MR) is 95.4 cm³/mol. The molecule has 1 fully saturated rings. The Labute approximate surface area is 140 Å². The highest BCUT2D eigenvalue weighted by Crippen LogP contribution is 2.16. The van der Waals surface area contributed by atoms with Crippen molar-refractivity contribution in [2.75, 3.05) is 39.8 Å². The topological polar surface area (TPSA) is 35.6 Å². The van der Waals surface area contributed by atoms with Crippen LogP contribution < -0.4 is 5.32 Å². The van der Waals surface area contributed by atoms with E-state index in [1.165, 1.54) is 5.56 Å². The van der Waals surface area contributed by atoms with E-state index in [1.807, 2.05) is 6.07 Å². The third kappa shape index (κ3) is 6.32. The summed E-state index contributed by atoms with van der Waals surface area (Å²) in [6, 6.07) is 10.5. The zero-order valence-corrected chi connectivity index (χ0v) is 14.6. The van der Waals surface area contributed by atoms with Gasteiger partial charge < -0.3 is 10.2 Å². The maximum Gasteiger partial charge on any atom is 0.220 e. The average molecular weight is 317 g/mol. The third-order valence-electron chi connectivity index (χ3n) is 4.58. The number of carbonyl (C=O) groups is 1. The van der Waals surface area contributed by atoms with Gasteiger partial charge in [-0.3, -0.25) is 9.69 Å². The summed E-state index contributed by atoms with van der Waals surface area (Å²) in [4.78, 5) is 17.1. The van der Waals surface area contributed by atoms with Gasteiger partial charge in [-0.05, 0) is 19.0 Å². The molecule has 4 nitrogen and oxygen atoms in total. The van der Waals surface area contributed by atoms with E-state index < -0.39 is 0 Å². The molecule has 2 rings (SSSR count). The predicted octanol–water partition coefficient (Wildman–Crippen LogP) is 2.67. The van der Waals surface area contributed by atoms with E-state index in [1.54, 1.807) is 0 Å². The molecule has 1 unspecified atom stereocenters. The van der Waals surface area contributed by atoms with E-state index in [-0.39, 0.29) is 11.9 Å². The number of nitrogens with zero attached hydrogens (tertiary/aromatic N) is 2. The zero-order chi connectivity index (χ0) is 16.5. The van der Waals surface area contributed by atoms with Crippen LogP contribution in [0, 0.1) is 0 Å². The molecule has 1 N–H and O–H groups in total. The summed E-state index contributed by atoms with van der Waals surface area (Å²) in [5.74, 6) is 0.182. The lowest BCUT2D eigenvalue weighted by Crippen LogP contribution is -2.47. The van der Waals surface area contributed by atoms with Crippen molar-refractivity contribution < 1.29 is 4.79 Å². The molecule has 1 aromatic carbocycles. The monoisotopic (exact) mass is 317 g/mol. The molecule has 1 saturated heterocycles. The molecule has 0 saturated carbocycles. The van der Waals surface area contributed by atoms with Gasteiger partial charge >= 0.3 is 0 Å². The van der Waals surface area contributed by atoms with Crippen LogP contribution in [0.3, 0.4) is 0 Å². The summed E-state index contributed by atoms with van der Waals surface area (Å²) in [6.45, 7) is 7.42. The Morgan fingerprint density at radius 3 is 2.48 bits per heavy atom. The zero-order valence-electron chi connectivity index (χ0n) is 14.6. The van der Waals surface area contributed by atoms with Crippen molar-refractivity contribution in [3.8, 4) is 0 Å². The molecule has 0 bridgehead atoms. The van der Waals surface area contributed by atoms with E-state index in [9.17, 15) is 4.79 Å². The molecule has 128 valence electrons. The Morgan fingerprint density at radius 2 is 1.83 bits per heavy atom. The van der Waals surface area contributed by atoms with Crippen molar-refractivity contribution in [3.05, 3.63) is 35.9 Å². The van der Waals surface area contributed by atoms with Crippen LogP contribution in [-0.2, 0) is 4.79 Å². The van der Waals surface area contributed by atoms with E-state index in [0.29, 0.717) is 6.42 Å². The Bertz CT molecular complexity index is 455. The standard InChI is InChI=1S/C19H31N3O/c1-3-4-6-11-19(23)20-18(17-9-7-5-8-10-17)16-22-14-12-21(2)13-15-22/h5,7-10,18H,3-4,6,11-16H2,1-2H3,(H,20,23). The lowest BCUT2D eigenvalue weighted by molar-refractivity contribution is -0.122. The normalized spacial score (nSPS) is 17.8. The second-order valence-corrected chi connectivity index (χ2v) is 6.59. The molecule has 1 aliphatic heterocycles. The first-order chi connectivity index (χ1) is 11.2. The Balaban J connectivity index is 1.93. The van der Waals surface area contributed by atoms with Crippen LogP contribution in [0.15, 0.2) is 30.3 Å². The minimum Gasteiger partial charge on any atom is -0.348 e. The van der Waals surface area contributed by atoms with Crippen molar-refractivity contribution in [2.45, 2.75) is 38.6 Å². The second kappa shape index (κ2) is 9.68. The van der Waals surface area contributed by atoms with Crippen LogP contribution in [0.2, 0.25) is 0 Å². The van der Waals surface area contributed by atoms with Crippen molar-refractivity contribution in [1.29, 1.82) is 0 Å². The molecule has 1 aromatic rings. The highest BCUT2D eigenvalue weighted by atomic mass is 16.1. The van der Waals surface area contributed by atoms with Crippen LogP contribution in [0.4, 0.5) is 0 Å². The fourth-order valence-electron chi connectivity index (χ4n) is 3.01. The number of hydrogen-bond acceptors (Lipinski definition) is 3. The smallest absolute Gasteiger partial charge is 0.220 e. The SMILES string of the molecule is CCCCCC(=O)NC(CN1CCN(C)CC1)c1ccccc1. The van der Waals surface area contributed by atoms with Gasteiger partial charge in [-0.15, -0.1) is 0 Å². The minimum absolute atomic E-state index is 0.0914. The maximum atomic E-state index is 12.3. The molecule has 23 heavy (non-hydrogen) atoms. The summed E-state index contributed by atoms with van der Waals surface area (Å²) in [5, 5.41) is 3.26. The summed E-state index contributed by atoms with van der Waals surface area (Å²) < 4.78 is 0. The second-order valence-electron chi connectivity index (χ2n) is 6.59. The third-order valence-corrected chi connectivity index (χ3v) is 4.58. The number of amides is 1. The fourth-order valence-corrected chi connectivity index (χ4v) is 3.01. The highest BCUT2D eigenvalue weighted by molar-refractivity contribution is 5.76. The summed E-state index contributed by atoms with van der Waals surface area (Å²) in [7, 11) is 2.17. The number of benzene rings is 1. The molecule has 0 radical (unpaired) electrons. The molecule has 0 aliphatic carbocycles. The van der Waals surface area contributed by atoms with Gasteiger partial charge in [0.2, 0.25) is 5.91 Å². The van der Waals surface area contributed by atoms with Gasteiger partial charge in [-0.2, -0.15) is 0 Å². The van der Waals surface area contributed by atoms with Gasteiger partial charge in [0.15, 0.2) is 0 Å². The summed E-state index contributed by atoms with van der Waals surface area (Å²) >= 11 is 0. The van der Waals surface area contributed by atoms with Crippen LogP contribution in [-0.4, -0.2) is 55.5 Å². The first-order valence-corrected chi connectivity index (χ1v) is 8.94. The number of unbranched alkanes of at least 4 members (excludes halogenated alkanes) is 2. The number of hydrogen-bond donors (Lipinski definition) is 1. The number of piperazine rings is 1. The van der Waals surface area contributed by atoms with E-state index in [0.717, 1.165) is 52.0 Å². The van der Waals surface area contributed by atoms with Crippen molar-refractivity contribution >= 4 is 5.91 Å². The number of carbonyl (C=O) groups excluding carboxylic acids is 1. The largest absolute Gasteiger partial charge is 0.348 e. The minimum atomic E-state index is 0.0914. The van der Waals surface area contributed by atoms with Crippen LogP contribution >= 0.6 is 0 Å². The van der Waals surface area contributed by atoms with Gasteiger partial charge in [-0.1, -0.05) is 50.1 Å². The summed E-state index contributed by atoms with van der Waals surface area (Å²) in [6.07, 6.45) is 3.90. The first kappa shape index (κ1) is 18.0. The fraction of sp³-hybridized carbons (Fsp3) is 0.632. The quantitative estimate of drug-likeness (QED) is 0.749. The first-order valence-electron chi connectivity index (χ1n) is 8.94. The molecule has 1 atom stereocenters. The molecule has 0 aromatic heterocycles. The Kier molecular flexibility index (Phi) is 7.56. The molecule has 1 heterocycles. The van der Waals surface area contributed by atoms with Crippen molar-refractivity contribution in [3.63, 3.8) is 0 Å². The lowest BCUT2D eigenvalue weighted by Gasteiger charge is -2.35.